The van der Waals surface area contributed by atoms with Crippen molar-refractivity contribution in [1.82, 2.24) is 9.97 Å². The molecule has 4 heteroatoms. The number of nitrogens with zero attached hydrogens (tertiary/aromatic N) is 3. The highest BCUT2D eigenvalue weighted by Gasteiger charge is 2.27. The molecule has 2 aromatic heterocycles. The molecule has 4 nitrogen and oxygen atoms in total. The fourth-order valence-corrected chi connectivity index (χ4v) is 7.08. The molecule has 0 radical (unpaired) electrons. The number of benzene rings is 3. The molecule has 0 saturated carbocycles. The van der Waals surface area contributed by atoms with Crippen LogP contribution in [0.4, 0.5) is 0 Å². The zero-order valence-electron chi connectivity index (χ0n) is 27.1. The molecule has 3 heterocycles. The van der Waals surface area contributed by atoms with Gasteiger partial charge in [-0.3, -0.25) is 15.0 Å². The topological polar surface area (TPSA) is 64.2 Å². The number of allylic oxidation sites excluding steroid dienone is 8. The molecule has 232 valence electrons. The van der Waals surface area contributed by atoms with Gasteiger partial charge in [0.1, 0.15) is 0 Å². The molecule has 3 unspecified atom stereocenters. The summed E-state index contributed by atoms with van der Waals surface area (Å²) in [6.45, 7) is 4.47. The fourth-order valence-electron chi connectivity index (χ4n) is 7.08. The minimum Gasteiger partial charge on any atom is -0.405 e. The lowest BCUT2D eigenvalue weighted by Crippen LogP contribution is -2.22. The molecule has 0 bridgehead atoms. The van der Waals surface area contributed by atoms with Crippen LogP contribution in [0.25, 0.3) is 49.6 Å². The first-order valence-corrected chi connectivity index (χ1v) is 16.7. The van der Waals surface area contributed by atoms with Crippen LogP contribution < -0.4 is 5.73 Å². The first-order chi connectivity index (χ1) is 23.2. The van der Waals surface area contributed by atoms with Crippen LogP contribution in [-0.2, 0) is 0 Å². The number of pyridine rings is 2. The van der Waals surface area contributed by atoms with Crippen molar-refractivity contribution in [1.29, 1.82) is 0 Å². The predicted octanol–water partition coefficient (Wildman–Crippen LogP) is 10.4. The number of hydrogen-bond acceptors (Lipinski definition) is 4. The zero-order chi connectivity index (χ0) is 32.2. The number of rotatable bonds is 8. The van der Waals surface area contributed by atoms with E-state index in [1.807, 2.05) is 42.7 Å². The van der Waals surface area contributed by atoms with Gasteiger partial charge in [-0.05, 0) is 113 Å². The SMILES string of the molecule is CCC(/C=C\C=C/N)C1=NC(C)C(c2c3ccccc3c(-c3ccc(-c4ccccn4)nc3)c3ccc(C4=CCCC=C4)cc23)C=C1. The maximum atomic E-state index is 5.58. The normalized spacial score (nSPS) is 18.7. The Balaban J connectivity index is 1.41. The lowest BCUT2D eigenvalue weighted by Gasteiger charge is -2.28. The highest BCUT2D eigenvalue weighted by molar-refractivity contribution is 6.16. The van der Waals surface area contributed by atoms with Crippen molar-refractivity contribution in [3.05, 3.63) is 151 Å². The smallest absolute Gasteiger partial charge is 0.0886 e. The maximum absolute atomic E-state index is 5.58. The summed E-state index contributed by atoms with van der Waals surface area (Å²) in [5.41, 5.74) is 14.6. The molecule has 1 aliphatic carbocycles. The zero-order valence-corrected chi connectivity index (χ0v) is 27.1. The van der Waals surface area contributed by atoms with E-state index < -0.39 is 0 Å². The van der Waals surface area contributed by atoms with E-state index in [9.17, 15) is 0 Å². The first kappa shape index (κ1) is 30.3. The van der Waals surface area contributed by atoms with Crippen molar-refractivity contribution in [3.8, 4) is 22.5 Å². The molecule has 1 aliphatic heterocycles. The number of aromatic nitrogens is 2. The lowest BCUT2D eigenvalue weighted by molar-refractivity contribution is 0.652. The summed E-state index contributed by atoms with van der Waals surface area (Å²) in [7, 11) is 0. The average Bonchev–Trinajstić information content (AvgIpc) is 3.13. The van der Waals surface area contributed by atoms with Crippen LogP contribution in [0.2, 0.25) is 0 Å². The van der Waals surface area contributed by atoms with Crippen LogP contribution in [0.3, 0.4) is 0 Å². The van der Waals surface area contributed by atoms with Gasteiger partial charge in [-0.25, -0.2) is 0 Å². The second kappa shape index (κ2) is 13.6. The second-order valence-electron chi connectivity index (χ2n) is 12.3. The molecular weight excluding hydrogens is 573 g/mol. The predicted molar refractivity (Wildman–Crippen MR) is 199 cm³/mol. The van der Waals surface area contributed by atoms with E-state index in [1.54, 1.807) is 6.20 Å². The fraction of sp³-hybridized carbons (Fsp3) is 0.186. The lowest BCUT2D eigenvalue weighted by atomic mass is 9.79. The highest BCUT2D eigenvalue weighted by Crippen LogP contribution is 2.45. The maximum Gasteiger partial charge on any atom is 0.0886 e. The highest BCUT2D eigenvalue weighted by atomic mass is 14.8. The Kier molecular flexibility index (Phi) is 8.75. The van der Waals surface area contributed by atoms with Gasteiger partial charge in [0.05, 0.1) is 17.4 Å². The van der Waals surface area contributed by atoms with Crippen LogP contribution >= 0.6 is 0 Å². The third kappa shape index (κ3) is 5.99. The van der Waals surface area contributed by atoms with Gasteiger partial charge in [-0.15, -0.1) is 0 Å². The van der Waals surface area contributed by atoms with Gasteiger partial charge in [0.25, 0.3) is 0 Å². The van der Waals surface area contributed by atoms with E-state index in [1.165, 1.54) is 43.8 Å². The molecule has 0 fully saturated rings. The summed E-state index contributed by atoms with van der Waals surface area (Å²) < 4.78 is 0. The Labute approximate surface area is 277 Å². The quantitative estimate of drug-likeness (QED) is 0.140. The van der Waals surface area contributed by atoms with Crippen molar-refractivity contribution in [2.75, 3.05) is 0 Å². The monoisotopic (exact) mass is 612 g/mol. The summed E-state index contributed by atoms with van der Waals surface area (Å²) in [6, 6.07) is 26.2. The van der Waals surface area contributed by atoms with Crippen molar-refractivity contribution in [2.45, 2.75) is 45.1 Å². The molecule has 2 aliphatic rings. The summed E-state index contributed by atoms with van der Waals surface area (Å²) >= 11 is 0. The van der Waals surface area contributed by atoms with Crippen molar-refractivity contribution >= 4 is 32.8 Å². The largest absolute Gasteiger partial charge is 0.405 e. The number of fused-ring (bicyclic) bond motifs is 2. The van der Waals surface area contributed by atoms with E-state index in [0.717, 1.165) is 41.9 Å². The van der Waals surface area contributed by atoms with Gasteiger partial charge >= 0.3 is 0 Å². The standard InChI is InChI=1S/C43H40N4/c1-3-30(13-9-11-25-44)39-24-22-34(29(2)47-39)43-36-17-8-7-16-35(36)42(33-20-23-41(46-28-33)40-18-10-12-26-45-40)37-21-19-32(27-38(37)43)31-14-5-4-6-15-31/h5,7-30,34H,3-4,6,44H2,1-2H3/b13-9-,25-11-. The second-order valence-corrected chi connectivity index (χ2v) is 12.3. The first-order valence-electron chi connectivity index (χ1n) is 16.7. The van der Waals surface area contributed by atoms with Crippen LogP contribution in [0.1, 0.15) is 50.2 Å². The van der Waals surface area contributed by atoms with Gasteiger partial charge in [0.2, 0.25) is 0 Å². The van der Waals surface area contributed by atoms with E-state index in [-0.39, 0.29) is 17.9 Å². The summed E-state index contributed by atoms with van der Waals surface area (Å²) in [4.78, 5) is 14.7. The third-order valence-corrected chi connectivity index (χ3v) is 9.44. The molecule has 0 saturated heterocycles. The van der Waals surface area contributed by atoms with Gasteiger partial charge in [0.15, 0.2) is 0 Å². The van der Waals surface area contributed by atoms with Gasteiger partial charge in [-0.2, -0.15) is 0 Å². The summed E-state index contributed by atoms with van der Waals surface area (Å²) in [5, 5.41) is 4.98. The minimum atomic E-state index is 0.0803. The Hall–Kier alpha value is -5.35. The number of dihydropyridines is 1. The van der Waals surface area contributed by atoms with E-state index in [0.29, 0.717) is 0 Å². The van der Waals surface area contributed by atoms with E-state index in [2.05, 4.69) is 110 Å². The van der Waals surface area contributed by atoms with Crippen molar-refractivity contribution < 1.29 is 0 Å². The molecular formula is C43H40N4. The average molecular weight is 613 g/mol. The molecule has 3 aromatic carbocycles. The Morgan fingerprint density at radius 2 is 1.64 bits per heavy atom. The summed E-state index contributed by atoms with van der Waals surface area (Å²) in [5.74, 6) is 0.376. The molecule has 0 amide bonds. The number of nitrogens with two attached hydrogens (primary N) is 1. The summed E-state index contributed by atoms with van der Waals surface area (Å²) in [6.07, 6.45) is 26.2. The van der Waals surface area contributed by atoms with Gasteiger partial charge in [-0.1, -0.05) is 91.9 Å². The molecule has 47 heavy (non-hydrogen) atoms. The minimum absolute atomic E-state index is 0.0803. The van der Waals surface area contributed by atoms with E-state index in [4.69, 9.17) is 15.7 Å². The number of hydrogen-bond donors (Lipinski definition) is 1. The molecule has 5 aromatic rings. The Morgan fingerprint density at radius 1 is 0.830 bits per heavy atom. The van der Waals surface area contributed by atoms with E-state index >= 15 is 0 Å². The Bertz CT molecular complexity index is 2100. The van der Waals surface area contributed by atoms with Crippen molar-refractivity contribution in [3.63, 3.8) is 0 Å². The van der Waals surface area contributed by atoms with Gasteiger partial charge < -0.3 is 5.73 Å². The molecule has 3 atom stereocenters. The van der Waals surface area contributed by atoms with Crippen LogP contribution in [0.5, 0.6) is 0 Å². The van der Waals surface area contributed by atoms with Crippen LogP contribution in [0.15, 0.2) is 145 Å². The van der Waals surface area contributed by atoms with Gasteiger partial charge in [0, 0.05) is 35.5 Å². The van der Waals surface area contributed by atoms with Crippen molar-refractivity contribution in [2.24, 2.45) is 16.6 Å². The molecule has 0 spiro atoms. The van der Waals surface area contributed by atoms with Crippen LogP contribution in [0, 0.1) is 5.92 Å². The Morgan fingerprint density at radius 3 is 2.36 bits per heavy atom. The number of aliphatic imine (C=N–C) groups is 1. The van der Waals surface area contributed by atoms with Crippen LogP contribution in [-0.4, -0.2) is 21.7 Å². The third-order valence-electron chi connectivity index (χ3n) is 9.44. The molecule has 7 rings (SSSR count). The molecule has 2 N–H and O–H groups in total.